The minimum atomic E-state index is 0.0145. The average molecular weight is 336 g/mol. The van der Waals surface area contributed by atoms with Crippen LogP contribution in [0.25, 0.3) is 11.1 Å². The van der Waals surface area contributed by atoms with Crippen molar-refractivity contribution in [3.63, 3.8) is 0 Å². The van der Waals surface area contributed by atoms with Gasteiger partial charge in [0.25, 0.3) is 0 Å². The highest BCUT2D eigenvalue weighted by Crippen LogP contribution is 2.27. The number of hydrogen-bond donors (Lipinski definition) is 1. The summed E-state index contributed by atoms with van der Waals surface area (Å²) in [5.41, 5.74) is 4.98. The summed E-state index contributed by atoms with van der Waals surface area (Å²) in [6.45, 7) is 7.57. The predicted octanol–water partition coefficient (Wildman–Crippen LogP) is 3.66. The Morgan fingerprint density at radius 2 is 1.88 bits per heavy atom. The van der Waals surface area contributed by atoms with Crippen molar-refractivity contribution in [3.05, 3.63) is 59.7 Å². The molecule has 1 heterocycles. The summed E-state index contributed by atoms with van der Waals surface area (Å²) >= 11 is 0. The van der Waals surface area contributed by atoms with Gasteiger partial charge >= 0.3 is 0 Å². The molecule has 1 aliphatic rings. The second kappa shape index (κ2) is 8.30. The van der Waals surface area contributed by atoms with Gasteiger partial charge in [-0.05, 0) is 36.5 Å². The molecule has 0 radical (unpaired) electrons. The zero-order valence-electron chi connectivity index (χ0n) is 15.3. The molecule has 25 heavy (non-hydrogen) atoms. The van der Waals surface area contributed by atoms with E-state index in [-0.39, 0.29) is 5.92 Å². The molecule has 1 N–H and O–H groups in total. The quantitative estimate of drug-likeness (QED) is 0.904. The molecule has 0 bridgehead atoms. The molecule has 0 spiro atoms. The third kappa shape index (κ3) is 4.29. The number of amides is 1. The SMILES string of the molecule is CCCN1CCNCC(Cc2ccccc2-c2ccc(C)cc2)C1=O. The maximum Gasteiger partial charge on any atom is 0.227 e. The van der Waals surface area contributed by atoms with Crippen LogP contribution in [-0.2, 0) is 11.2 Å². The summed E-state index contributed by atoms with van der Waals surface area (Å²) in [7, 11) is 0. The Labute approximate surface area is 151 Å². The van der Waals surface area contributed by atoms with Crippen LogP contribution in [0.1, 0.15) is 24.5 Å². The maximum atomic E-state index is 12.9. The van der Waals surface area contributed by atoms with Gasteiger partial charge in [0, 0.05) is 26.2 Å². The van der Waals surface area contributed by atoms with Crippen LogP contribution in [-0.4, -0.2) is 37.0 Å². The van der Waals surface area contributed by atoms with Crippen LogP contribution >= 0.6 is 0 Å². The second-order valence-electron chi connectivity index (χ2n) is 6.95. The van der Waals surface area contributed by atoms with Crippen molar-refractivity contribution in [3.8, 4) is 11.1 Å². The fraction of sp³-hybridized carbons (Fsp3) is 0.409. The van der Waals surface area contributed by atoms with E-state index in [0.717, 1.165) is 39.0 Å². The van der Waals surface area contributed by atoms with Crippen LogP contribution in [0.5, 0.6) is 0 Å². The number of nitrogens with zero attached hydrogens (tertiary/aromatic N) is 1. The van der Waals surface area contributed by atoms with Crippen molar-refractivity contribution in [1.82, 2.24) is 10.2 Å². The number of benzene rings is 2. The lowest BCUT2D eigenvalue weighted by molar-refractivity contribution is -0.134. The van der Waals surface area contributed by atoms with Gasteiger partial charge in [-0.25, -0.2) is 0 Å². The fourth-order valence-corrected chi connectivity index (χ4v) is 3.58. The van der Waals surface area contributed by atoms with E-state index >= 15 is 0 Å². The molecule has 0 aliphatic carbocycles. The Morgan fingerprint density at radius 3 is 2.64 bits per heavy atom. The van der Waals surface area contributed by atoms with Gasteiger partial charge in [-0.1, -0.05) is 61.0 Å². The second-order valence-corrected chi connectivity index (χ2v) is 6.95. The molecule has 1 amide bonds. The summed E-state index contributed by atoms with van der Waals surface area (Å²) in [6.07, 6.45) is 1.80. The highest BCUT2D eigenvalue weighted by atomic mass is 16.2. The zero-order chi connectivity index (χ0) is 17.6. The molecule has 2 aromatic rings. The van der Waals surface area contributed by atoms with Gasteiger partial charge in [-0.2, -0.15) is 0 Å². The van der Waals surface area contributed by atoms with E-state index in [1.165, 1.54) is 22.3 Å². The first-order valence-corrected chi connectivity index (χ1v) is 9.33. The molecule has 132 valence electrons. The van der Waals surface area contributed by atoms with Crippen LogP contribution in [0.4, 0.5) is 0 Å². The van der Waals surface area contributed by atoms with Crippen molar-refractivity contribution in [2.24, 2.45) is 5.92 Å². The number of carbonyl (C=O) groups is 1. The molecule has 1 fully saturated rings. The van der Waals surface area contributed by atoms with Gasteiger partial charge in [0.05, 0.1) is 5.92 Å². The minimum Gasteiger partial charge on any atom is -0.341 e. The smallest absolute Gasteiger partial charge is 0.227 e. The van der Waals surface area contributed by atoms with Gasteiger partial charge in [-0.3, -0.25) is 4.79 Å². The molecular weight excluding hydrogens is 308 g/mol. The first-order chi connectivity index (χ1) is 12.2. The molecule has 0 aromatic heterocycles. The van der Waals surface area contributed by atoms with Crippen molar-refractivity contribution in [2.75, 3.05) is 26.2 Å². The van der Waals surface area contributed by atoms with E-state index in [1.54, 1.807) is 0 Å². The number of hydrogen-bond acceptors (Lipinski definition) is 2. The van der Waals surface area contributed by atoms with E-state index in [0.29, 0.717) is 5.91 Å². The normalized spacial score (nSPS) is 18.2. The van der Waals surface area contributed by atoms with Gasteiger partial charge < -0.3 is 10.2 Å². The van der Waals surface area contributed by atoms with Gasteiger partial charge in [0.2, 0.25) is 5.91 Å². The Morgan fingerprint density at radius 1 is 1.12 bits per heavy atom. The standard InChI is InChI=1S/C22H28N2O/c1-3-13-24-14-12-23-16-20(22(24)25)15-19-6-4-5-7-21(19)18-10-8-17(2)9-11-18/h4-11,20,23H,3,12-16H2,1-2H3. The van der Waals surface area contributed by atoms with Crippen LogP contribution in [0.2, 0.25) is 0 Å². The lowest BCUT2D eigenvalue weighted by Crippen LogP contribution is -2.37. The van der Waals surface area contributed by atoms with Gasteiger partial charge in [0.15, 0.2) is 0 Å². The minimum absolute atomic E-state index is 0.0145. The van der Waals surface area contributed by atoms with Gasteiger partial charge in [0.1, 0.15) is 0 Å². The maximum absolute atomic E-state index is 12.9. The van der Waals surface area contributed by atoms with Crippen molar-refractivity contribution in [1.29, 1.82) is 0 Å². The molecule has 1 unspecified atom stereocenters. The lowest BCUT2D eigenvalue weighted by Gasteiger charge is -2.24. The summed E-state index contributed by atoms with van der Waals surface area (Å²) < 4.78 is 0. The van der Waals surface area contributed by atoms with E-state index in [4.69, 9.17) is 0 Å². The first kappa shape index (κ1) is 17.7. The fourth-order valence-electron chi connectivity index (χ4n) is 3.58. The van der Waals surface area contributed by atoms with Crippen molar-refractivity contribution in [2.45, 2.75) is 26.7 Å². The summed E-state index contributed by atoms with van der Waals surface area (Å²) in [5.74, 6) is 0.311. The van der Waals surface area contributed by atoms with E-state index < -0.39 is 0 Å². The van der Waals surface area contributed by atoms with Crippen molar-refractivity contribution < 1.29 is 4.79 Å². The molecule has 3 heteroatoms. The Kier molecular flexibility index (Phi) is 5.87. The molecule has 3 nitrogen and oxygen atoms in total. The van der Waals surface area contributed by atoms with Crippen LogP contribution in [0, 0.1) is 12.8 Å². The van der Waals surface area contributed by atoms with Crippen LogP contribution < -0.4 is 5.32 Å². The number of nitrogens with one attached hydrogen (secondary N) is 1. The molecule has 1 atom stereocenters. The molecule has 1 saturated heterocycles. The Balaban J connectivity index is 1.84. The number of rotatable bonds is 5. The lowest BCUT2D eigenvalue weighted by atomic mass is 9.91. The predicted molar refractivity (Wildman–Crippen MR) is 104 cm³/mol. The number of aryl methyl sites for hydroxylation is 1. The van der Waals surface area contributed by atoms with Crippen LogP contribution in [0.15, 0.2) is 48.5 Å². The molecule has 1 aliphatic heterocycles. The van der Waals surface area contributed by atoms with E-state index in [1.807, 2.05) is 4.90 Å². The Bertz CT molecular complexity index is 708. The molecular formula is C22H28N2O. The average Bonchev–Trinajstić information content (AvgIpc) is 2.79. The summed E-state index contributed by atoms with van der Waals surface area (Å²) in [6, 6.07) is 17.1. The number of carbonyl (C=O) groups excluding carboxylic acids is 1. The monoisotopic (exact) mass is 336 g/mol. The topological polar surface area (TPSA) is 32.3 Å². The molecule has 3 rings (SSSR count). The van der Waals surface area contributed by atoms with E-state index in [9.17, 15) is 4.79 Å². The highest BCUT2D eigenvalue weighted by Gasteiger charge is 2.27. The van der Waals surface area contributed by atoms with Crippen molar-refractivity contribution >= 4 is 5.91 Å². The zero-order valence-corrected chi connectivity index (χ0v) is 15.3. The molecule has 2 aromatic carbocycles. The third-order valence-electron chi connectivity index (χ3n) is 4.95. The molecule has 0 saturated carbocycles. The van der Waals surface area contributed by atoms with Crippen LogP contribution in [0.3, 0.4) is 0 Å². The Hall–Kier alpha value is -2.13. The van der Waals surface area contributed by atoms with E-state index in [2.05, 4.69) is 67.7 Å². The highest BCUT2D eigenvalue weighted by molar-refractivity contribution is 5.80. The summed E-state index contributed by atoms with van der Waals surface area (Å²) in [4.78, 5) is 14.9. The third-order valence-corrected chi connectivity index (χ3v) is 4.95. The van der Waals surface area contributed by atoms with Gasteiger partial charge in [-0.15, -0.1) is 0 Å². The summed E-state index contributed by atoms with van der Waals surface area (Å²) in [5, 5.41) is 3.44. The first-order valence-electron chi connectivity index (χ1n) is 9.33. The largest absolute Gasteiger partial charge is 0.341 e.